The van der Waals surface area contributed by atoms with Crippen LogP contribution < -0.4 is 0 Å². The van der Waals surface area contributed by atoms with Crippen LogP contribution in [0.1, 0.15) is 26.2 Å². The number of hydrogen-bond donors (Lipinski definition) is 1. The lowest BCUT2D eigenvalue weighted by Crippen LogP contribution is -2.56. The SMILES string of the molecule is CCOC1(C(=O)O)CCC[C@@H](F)[C@@H]1F. The van der Waals surface area contributed by atoms with Crippen LogP contribution >= 0.6 is 0 Å². The van der Waals surface area contributed by atoms with Crippen molar-refractivity contribution in [2.24, 2.45) is 0 Å². The van der Waals surface area contributed by atoms with Gasteiger partial charge in [-0.05, 0) is 26.2 Å². The summed E-state index contributed by atoms with van der Waals surface area (Å²) in [4.78, 5) is 10.9. The van der Waals surface area contributed by atoms with E-state index < -0.39 is 23.9 Å². The van der Waals surface area contributed by atoms with E-state index in [0.717, 1.165) is 0 Å². The molecule has 0 aliphatic heterocycles. The molecule has 0 aromatic carbocycles. The van der Waals surface area contributed by atoms with Crippen LogP contribution in [0.2, 0.25) is 0 Å². The summed E-state index contributed by atoms with van der Waals surface area (Å²) in [5, 5.41) is 8.88. The first-order valence-corrected chi connectivity index (χ1v) is 4.70. The first kappa shape index (κ1) is 11.4. The third-order valence-electron chi connectivity index (χ3n) is 2.56. The molecule has 3 atom stereocenters. The van der Waals surface area contributed by atoms with E-state index in [2.05, 4.69) is 0 Å². The van der Waals surface area contributed by atoms with Gasteiger partial charge in [-0.1, -0.05) is 0 Å². The molecule has 1 aliphatic rings. The molecule has 0 aromatic rings. The van der Waals surface area contributed by atoms with Gasteiger partial charge in [0.05, 0.1) is 0 Å². The van der Waals surface area contributed by atoms with Gasteiger partial charge in [0.2, 0.25) is 0 Å². The van der Waals surface area contributed by atoms with Gasteiger partial charge < -0.3 is 9.84 Å². The molecular formula is C9H14F2O3. The minimum atomic E-state index is -2.06. The molecule has 0 amide bonds. The Morgan fingerprint density at radius 1 is 1.64 bits per heavy atom. The zero-order valence-electron chi connectivity index (χ0n) is 8.00. The van der Waals surface area contributed by atoms with Crippen LogP contribution in [-0.2, 0) is 9.53 Å². The van der Waals surface area contributed by atoms with E-state index >= 15 is 0 Å². The third kappa shape index (κ3) is 1.73. The largest absolute Gasteiger partial charge is 0.479 e. The van der Waals surface area contributed by atoms with E-state index in [1.165, 1.54) is 0 Å². The van der Waals surface area contributed by atoms with Gasteiger partial charge in [-0.25, -0.2) is 13.6 Å². The summed E-state index contributed by atoms with van der Waals surface area (Å²) in [7, 11) is 0. The van der Waals surface area contributed by atoms with Gasteiger partial charge in [0, 0.05) is 6.61 Å². The molecular weight excluding hydrogens is 194 g/mol. The van der Waals surface area contributed by atoms with E-state index in [4.69, 9.17) is 9.84 Å². The van der Waals surface area contributed by atoms with E-state index in [-0.39, 0.29) is 19.4 Å². The number of ether oxygens (including phenoxy) is 1. The summed E-state index contributed by atoms with van der Waals surface area (Å²) >= 11 is 0. The molecule has 14 heavy (non-hydrogen) atoms. The van der Waals surface area contributed by atoms with Crippen LogP contribution in [-0.4, -0.2) is 35.6 Å². The maximum absolute atomic E-state index is 13.5. The summed E-state index contributed by atoms with van der Waals surface area (Å²) in [5.74, 6) is -1.41. The van der Waals surface area contributed by atoms with Gasteiger partial charge in [0.1, 0.15) is 6.17 Å². The lowest BCUT2D eigenvalue weighted by atomic mass is 9.82. The monoisotopic (exact) mass is 208 g/mol. The molecule has 1 fully saturated rings. The lowest BCUT2D eigenvalue weighted by molar-refractivity contribution is -0.187. The smallest absolute Gasteiger partial charge is 0.339 e. The van der Waals surface area contributed by atoms with Crippen LogP contribution in [0.3, 0.4) is 0 Å². The number of hydrogen-bond acceptors (Lipinski definition) is 2. The molecule has 0 aromatic heterocycles. The number of aliphatic carboxylic acids is 1. The van der Waals surface area contributed by atoms with Crippen molar-refractivity contribution in [2.45, 2.75) is 44.1 Å². The van der Waals surface area contributed by atoms with Crippen molar-refractivity contribution in [1.29, 1.82) is 0 Å². The fraction of sp³-hybridized carbons (Fsp3) is 0.889. The zero-order valence-corrected chi connectivity index (χ0v) is 8.00. The fourth-order valence-electron chi connectivity index (χ4n) is 1.83. The molecule has 5 heteroatoms. The summed E-state index contributed by atoms with van der Waals surface area (Å²) < 4.78 is 31.4. The summed E-state index contributed by atoms with van der Waals surface area (Å²) in [6.45, 7) is 1.64. The molecule has 0 heterocycles. The van der Waals surface area contributed by atoms with Crippen molar-refractivity contribution in [3.63, 3.8) is 0 Å². The predicted molar refractivity (Wildman–Crippen MR) is 45.6 cm³/mol. The minimum absolute atomic E-state index is 0.0394. The molecule has 1 aliphatic carbocycles. The van der Waals surface area contributed by atoms with Gasteiger partial charge in [0.15, 0.2) is 11.8 Å². The average Bonchev–Trinajstić information content (AvgIpc) is 2.13. The Morgan fingerprint density at radius 3 is 2.79 bits per heavy atom. The molecule has 0 bridgehead atoms. The molecule has 0 saturated heterocycles. The molecule has 1 unspecified atom stereocenters. The second-order valence-electron chi connectivity index (χ2n) is 3.44. The number of alkyl halides is 2. The van der Waals surface area contributed by atoms with E-state index in [0.29, 0.717) is 6.42 Å². The quantitative estimate of drug-likeness (QED) is 0.767. The fourth-order valence-corrected chi connectivity index (χ4v) is 1.83. The first-order chi connectivity index (χ1) is 6.54. The highest BCUT2D eigenvalue weighted by Gasteiger charge is 2.53. The van der Waals surface area contributed by atoms with Crippen molar-refractivity contribution in [3.8, 4) is 0 Å². The van der Waals surface area contributed by atoms with Gasteiger partial charge in [-0.3, -0.25) is 0 Å². The number of carboxylic acid groups (broad SMARTS) is 1. The lowest BCUT2D eigenvalue weighted by Gasteiger charge is -2.37. The zero-order chi connectivity index (χ0) is 10.8. The van der Waals surface area contributed by atoms with Crippen molar-refractivity contribution in [3.05, 3.63) is 0 Å². The van der Waals surface area contributed by atoms with Gasteiger partial charge in [0.25, 0.3) is 0 Å². The second kappa shape index (κ2) is 4.21. The molecule has 1 saturated carbocycles. The molecule has 3 nitrogen and oxygen atoms in total. The van der Waals surface area contributed by atoms with Gasteiger partial charge in [-0.15, -0.1) is 0 Å². The minimum Gasteiger partial charge on any atom is -0.479 e. The highest BCUT2D eigenvalue weighted by Crippen LogP contribution is 2.36. The predicted octanol–water partition coefficient (Wildman–Crippen LogP) is 1.71. The molecule has 1 N–H and O–H groups in total. The molecule has 0 radical (unpaired) electrons. The van der Waals surface area contributed by atoms with Crippen molar-refractivity contribution in [2.75, 3.05) is 6.61 Å². The van der Waals surface area contributed by atoms with Crippen LogP contribution in [0.4, 0.5) is 8.78 Å². The highest BCUT2D eigenvalue weighted by atomic mass is 19.2. The van der Waals surface area contributed by atoms with Gasteiger partial charge in [-0.2, -0.15) is 0 Å². The topological polar surface area (TPSA) is 46.5 Å². The Hall–Kier alpha value is -0.710. The third-order valence-corrected chi connectivity index (χ3v) is 2.56. The Labute approximate surface area is 81.1 Å². The molecule has 1 rings (SSSR count). The first-order valence-electron chi connectivity index (χ1n) is 4.70. The summed E-state index contributed by atoms with van der Waals surface area (Å²) in [6, 6.07) is 0. The average molecular weight is 208 g/mol. The van der Waals surface area contributed by atoms with Crippen LogP contribution in [0.5, 0.6) is 0 Å². The number of halogens is 2. The highest BCUT2D eigenvalue weighted by molar-refractivity contribution is 5.78. The normalized spacial score (nSPS) is 38.2. The Morgan fingerprint density at radius 2 is 2.29 bits per heavy atom. The second-order valence-corrected chi connectivity index (χ2v) is 3.44. The maximum Gasteiger partial charge on any atom is 0.339 e. The summed E-state index contributed by atoms with van der Waals surface area (Å²) in [5.41, 5.74) is -1.97. The van der Waals surface area contributed by atoms with Crippen LogP contribution in [0, 0.1) is 0 Å². The van der Waals surface area contributed by atoms with Gasteiger partial charge >= 0.3 is 5.97 Å². The van der Waals surface area contributed by atoms with E-state index in [1.54, 1.807) is 6.92 Å². The number of carboxylic acids is 1. The number of rotatable bonds is 3. The Bertz CT molecular complexity index is 218. The molecule has 82 valence electrons. The van der Waals surface area contributed by atoms with Crippen molar-refractivity contribution >= 4 is 5.97 Å². The molecule has 0 spiro atoms. The number of carbonyl (C=O) groups is 1. The van der Waals surface area contributed by atoms with Crippen LogP contribution in [0.25, 0.3) is 0 Å². The van der Waals surface area contributed by atoms with Crippen molar-refractivity contribution in [1.82, 2.24) is 0 Å². The van der Waals surface area contributed by atoms with E-state index in [1.807, 2.05) is 0 Å². The Balaban J connectivity index is 2.88. The standard InChI is InChI=1S/C9H14F2O3/c1-2-14-9(8(12)13)5-3-4-6(10)7(9)11/h6-7H,2-5H2,1H3,(H,12,13)/t6-,7+,9?/m1/s1. The maximum atomic E-state index is 13.5. The van der Waals surface area contributed by atoms with E-state index in [9.17, 15) is 13.6 Å². The Kier molecular flexibility index (Phi) is 3.42. The van der Waals surface area contributed by atoms with Crippen LogP contribution in [0.15, 0.2) is 0 Å². The van der Waals surface area contributed by atoms with Crippen molar-refractivity contribution < 1.29 is 23.4 Å². The summed E-state index contributed by atoms with van der Waals surface area (Å²) in [6.07, 6.45) is -3.34.